The van der Waals surface area contributed by atoms with Gasteiger partial charge in [-0.15, -0.1) is 0 Å². The third-order valence-electron chi connectivity index (χ3n) is 5.51. The summed E-state index contributed by atoms with van der Waals surface area (Å²) >= 11 is 4.71. The zero-order valence-electron chi connectivity index (χ0n) is 18.0. The minimum Gasteiger partial charge on any atom is -0.194 e. The summed E-state index contributed by atoms with van der Waals surface area (Å²) in [7, 11) is 0. The van der Waals surface area contributed by atoms with Crippen molar-refractivity contribution < 1.29 is 0 Å². The number of aryl methyl sites for hydroxylation is 1. The lowest BCUT2D eigenvalue weighted by Gasteiger charge is -2.06. The highest BCUT2D eigenvalue weighted by Crippen LogP contribution is 2.24. The molecule has 3 aromatic carbocycles. The van der Waals surface area contributed by atoms with Crippen LogP contribution in [0.4, 0.5) is 5.69 Å². The molecule has 0 bridgehead atoms. The molecule has 0 spiro atoms. The molecule has 0 amide bonds. The molecular formula is C28H27NS. The second-order valence-corrected chi connectivity index (χ2v) is 7.75. The molecule has 150 valence electrons. The Bertz CT molecular complexity index is 1110. The van der Waals surface area contributed by atoms with Crippen LogP contribution in [0, 0.1) is 25.7 Å². The van der Waals surface area contributed by atoms with Gasteiger partial charge in [0.15, 0.2) is 0 Å². The van der Waals surface area contributed by atoms with Crippen molar-refractivity contribution in [3.8, 4) is 23.0 Å². The van der Waals surface area contributed by atoms with E-state index in [0.717, 1.165) is 27.9 Å². The van der Waals surface area contributed by atoms with E-state index in [0.29, 0.717) is 0 Å². The van der Waals surface area contributed by atoms with Crippen LogP contribution in [0.5, 0.6) is 0 Å². The van der Waals surface area contributed by atoms with Crippen molar-refractivity contribution in [2.24, 2.45) is 4.99 Å². The lowest BCUT2D eigenvalue weighted by Crippen LogP contribution is -1.88. The monoisotopic (exact) mass is 409 g/mol. The Kier molecular flexibility index (Phi) is 7.75. The maximum absolute atomic E-state index is 4.71. The van der Waals surface area contributed by atoms with Crippen molar-refractivity contribution in [2.75, 3.05) is 0 Å². The maximum atomic E-state index is 4.71. The number of benzene rings is 3. The van der Waals surface area contributed by atoms with Crippen molar-refractivity contribution >= 4 is 23.1 Å². The van der Waals surface area contributed by atoms with Crippen LogP contribution in [0.2, 0.25) is 0 Å². The van der Waals surface area contributed by atoms with E-state index < -0.39 is 0 Å². The van der Waals surface area contributed by atoms with E-state index in [2.05, 4.69) is 84.4 Å². The Morgan fingerprint density at radius 1 is 0.767 bits per heavy atom. The van der Waals surface area contributed by atoms with Crippen molar-refractivity contribution in [3.63, 3.8) is 0 Å². The predicted octanol–water partition coefficient (Wildman–Crippen LogP) is 7.84. The number of hydrogen-bond donors (Lipinski definition) is 0. The normalized spacial score (nSPS) is 10.1. The highest BCUT2D eigenvalue weighted by Gasteiger charge is 2.04. The minimum absolute atomic E-state index is 0.855. The van der Waals surface area contributed by atoms with Crippen molar-refractivity contribution in [1.82, 2.24) is 0 Å². The first-order valence-corrected chi connectivity index (χ1v) is 10.9. The van der Waals surface area contributed by atoms with E-state index >= 15 is 0 Å². The second kappa shape index (κ2) is 10.7. The van der Waals surface area contributed by atoms with Gasteiger partial charge in [-0.2, -0.15) is 4.99 Å². The van der Waals surface area contributed by atoms with Crippen molar-refractivity contribution in [1.29, 1.82) is 0 Å². The summed E-state index contributed by atoms with van der Waals surface area (Å²) < 4.78 is 0. The maximum Gasteiger partial charge on any atom is 0.0772 e. The van der Waals surface area contributed by atoms with E-state index in [9.17, 15) is 0 Å². The molecule has 3 rings (SSSR count). The fourth-order valence-corrected chi connectivity index (χ4v) is 3.54. The number of hydrogen-bond acceptors (Lipinski definition) is 2. The molecule has 0 unspecified atom stereocenters. The average Bonchev–Trinajstić information content (AvgIpc) is 2.78. The summed E-state index contributed by atoms with van der Waals surface area (Å²) in [6, 6.07) is 21.4. The molecular weight excluding hydrogens is 382 g/mol. The quantitative estimate of drug-likeness (QED) is 0.175. The van der Waals surface area contributed by atoms with Gasteiger partial charge in [0.05, 0.1) is 10.8 Å². The van der Waals surface area contributed by atoms with Gasteiger partial charge in [0.1, 0.15) is 0 Å². The van der Waals surface area contributed by atoms with Crippen LogP contribution >= 0.6 is 12.2 Å². The molecule has 0 aromatic heterocycles. The standard InChI is InChI=1S/C28H27NS/c1-4-5-6-7-23-9-14-26(15-10-23)27-16-11-24(12-17-27)8-13-25-18-19-28(29-20-30)22(3)21(25)2/h9-12,14-19H,4-7H2,1-3H3. The fourth-order valence-electron chi connectivity index (χ4n) is 3.44. The molecule has 30 heavy (non-hydrogen) atoms. The van der Waals surface area contributed by atoms with Crippen LogP contribution in [-0.4, -0.2) is 5.16 Å². The molecule has 1 nitrogen and oxygen atoms in total. The van der Waals surface area contributed by atoms with Gasteiger partial charge in [0, 0.05) is 11.1 Å². The third-order valence-corrected chi connectivity index (χ3v) is 5.60. The summed E-state index contributed by atoms with van der Waals surface area (Å²) in [4.78, 5) is 4.11. The molecule has 0 radical (unpaired) electrons. The van der Waals surface area contributed by atoms with Crippen LogP contribution in [0.1, 0.15) is 54.0 Å². The van der Waals surface area contributed by atoms with E-state index in [4.69, 9.17) is 12.2 Å². The number of unbranched alkanes of at least 4 members (excludes halogenated alkanes) is 2. The topological polar surface area (TPSA) is 12.4 Å². The summed E-state index contributed by atoms with van der Waals surface area (Å²) in [5.41, 5.74) is 8.98. The molecule has 0 saturated heterocycles. The Hall–Kier alpha value is -2.98. The lowest BCUT2D eigenvalue weighted by molar-refractivity contribution is 0.717. The van der Waals surface area contributed by atoms with Crippen LogP contribution in [0.15, 0.2) is 65.7 Å². The molecule has 0 heterocycles. The number of aliphatic imine (C=N–C) groups is 1. The van der Waals surface area contributed by atoms with Gasteiger partial charge in [-0.1, -0.05) is 68.0 Å². The first-order chi connectivity index (χ1) is 14.6. The van der Waals surface area contributed by atoms with Gasteiger partial charge in [-0.25, -0.2) is 0 Å². The van der Waals surface area contributed by atoms with Gasteiger partial charge < -0.3 is 0 Å². The van der Waals surface area contributed by atoms with Crippen LogP contribution in [-0.2, 0) is 6.42 Å². The summed E-state index contributed by atoms with van der Waals surface area (Å²) in [6.07, 6.45) is 5.00. The van der Waals surface area contributed by atoms with Crippen LogP contribution in [0.25, 0.3) is 11.1 Å². The highest BCUT2D eigenvalue weighted by molar-refractivity contribution is 7.78. The van der Waals surface area contributed by atoms with Gasteiger partial charge in [0.25, 0.3) is 0 Å². The van der Waals surface area contributed by atoms with Crippen LogP contribution in [0.3, 0.4) is 0 Å². The molecule has 3 aromatic rings. The number of thiocarbonyl (C=S) groups is 1. The second-order valence-electron chi connectivity index (χ2n) is 7.57. The fraction of sp³-hybridized carbons (Fsp3) is 0.250. The minimum atomic E-state index is 0.855. The predicted molar refractivity (Wildman–Crippen MR) is 132 cm³/mol. The first-order valence-electron chi connectivity index (χ1n) is 10.5. The van der Waals surface area contributed by atoms with E-state index in [-0.39, 0.29) is 0 Å². The molecule has 0 atom stereocenters. The number of rotatable bonds is 6. The zero-order chi connectivity index (χ0) is 21.3. The Morgan fingerprint density at radius 2 is 1.43 bits per heavy atom. The van der Waals surface area contributed by atoms with Crippen molar-refractivity contribution in [2.45, 2.75) is 46.5 Å². The molecule has 0 aliphatic rings. The molecule has 0 N–H and O–H groups in total. The summed E-state index contributed by atoms with van der Waals surface area (Å²) in [5, 5.41) is 2.43. The Balaban J connectivity index is 1.73. The van der Waals surface area contributed by atoms with Crippen LogP contribution < -0.4 is 0 Å². The van der Waals surface area contributed by atoms with Gasteiger partial charge >= 0.3 is 0 Å². The Morgan fingerprint density at radius 3 is 2.07 bits per heavy atom. The third kappa shape index (κ3) is 5.55. The van der Waals surface area contributed by atoms with Gasteiger partial charge in [0.2, 0.25) is 0 Å². The zero-order valence-corrected chi connectivity index (χ0v) is 18.8. The van der Waals surface area contributed by atoms with E-state index in [1.807, 2.05) is 19.1 Å². The molecule has 2 heteroatoms. The number of isothiocyanates is 1. The van der Waals surface area contributed by atoms with E-state index in [1.54, 1.807) is 0 Å². The highest BCUT2D eigenvalue weighted by atomic mass is 32.1. The first kappa shape index (κ1) is 21.7. The SMILES string of the molecule is CCCCCc1ccc(-c2ccc(C#Cc3ccc(N=C=S)c(C)c3C)cc2)cc1. The number of nitrogens with zero attached hydrogens (tertiary/aromatic N) is 1. The van der Waals surface area contributed by atoms with Gasteiger partial charge in [-0.3, -0.25) is 0 Å². The Labute approximate surface area is 185 Å². The molecule has 0 aliphatic carbocycles. The van der Waals surface area contributed by atoms with Crippen molar-refractivity contribution in [3.05, 3.63) is 88.5 Å². The summed E-state index contributed by atoms with van der Waals surface area (Å²) in [6.45, 7) is 6.35. The molecule has 0 fully saturated rings. The summed E-state index contributed by atoms with van der Waals surface area (Å²) in [5.74, 6) is 6.57. The average molecular weight is 410 g/mol. The largest absolute Gasteiger partial charge is 0.194 e. The molecule has 0 saturated carbocycles. The smallest absolute Gasteiger partial charge is 0.0772 e. The molecule has 0 aliphatic heterocycles. The lowest BCUT2D eigenvalue weighted by atomic mass is 10.00. The van der Waals surface area contributed by atoms with E-state index in [1.165, 1.54) is 42.4 Å². The van der Waals surface area contributed by atoms with Gasteiger partial charge in [-0.05, 0) is 91.0 Å².